The Morgan fingerprint density at radius 3 is 2.84 bits per heavy atom. The van der Waals surface area contributed by atoms with E-state index in [0.717, 1.165) is 38.8 Å². The summed E-state index contributed by atoms with van der Waals surface area (Å²) < 4.78 is 15.1. The molecule has 7 heteroatoms. The Morgan fingerprint density at radius 1 is 1.32 bits per heavy atom. The molecule has 1 amide bonds. The second-order valence-corrected chi connectivity index (χ2v) is 9.33. The fourth-order valence-corrected chi connectivity index (χ4v) is 6.28. The molecule has 3 fully saturated rings. The van der Waals surface area contributed by atoms with Crippen molar-refractivity contribution in [3.8, 4) is 0 Å². The number of hydrogen-bond acceptors (Lipinski definition) is 5. The van der Waals surface area contributed by atoms with Crippen LogP contribution < -0.4 is 5.73 Å². The third-order valence-corrected chi connectivity index (χ3v) is 7.58. The predicted molar refractivity (Wildman–Crippen MR) is 96.7 cm³/mol. The first kappa shape index (κ1) is 17.3. The van der Waals surface area contributed by atoms with Crippen molar-refractivity contribution >= 4 is 17.3 Å². The van der Waals surface area contributed by atoms with E-state index in [4.69, 9.17) is 5.73 Å². The Balaban J connectivity index is 1.43. The molecular formula is C18H26N4O2S. The lowest BCUT2D eigenvalue weighted by atomic mass is 9.95. The van der Waals surface area contributed by atoms with Crippen LogP contribution in [0.3, 0.4) is 0 Å². The standard InChI is InChI=1S/C18H26N4O2S/c1-12-7-15-4-5-17(22(15)18(23)16(19)8-12)25(24)21-10-14(11-21)13-3-2-6-20-9-13/h2-3,6,9,12,14-17H,4-5,7-8,10-11,19H2,1H3/t12-,15+,16-,17+,25?/m0/s1. The number of hydrogen-bond donors (Lipinski definition) is 1. The molecule has 0 aliphatic carbocycles. The topological polar surface area (TPSA) is 85.5 Å². The maximum absolute atomic E-state index is 13.1. The highest BCUT2D eigenvalue weighted by molar-refractivity contribution is 7.89. The van der Waals surface area contributed by atoms with E-state index >= 15 is 0 Å². The van der Waals surface area contributed by atoms with Crippen molar-refractivity contribution in [1.82, 2.24) is 14.2 Å². The molecule has 25 heavy (non-hydrogen) atoms. The largest absolute Gasteiger partial charge is 0.596 e. The molecule has 0 saturated carbocycles. The van der Waals surface area contributed by atoms with Gasteiger partial charge < -0.3 is 10.3 Å². The molecule has 0 aromatic carbocycles. The van der Waals surface area contributed by atoms with Crippen molar-refractivity contribution < 1.29 is 9.35 Å². The minimum absolute atomic E-state index is 0.00506. The average molecular weight is 362 g/mol. The first-order valence-corrected chi connectivity index (χ1v) is 10.3. The van der Waals surface area contributed by atoms with Gasteiger partial charge in [0.1, 0.15) is 0 Å². The number of carbonyl (C=O) groups is 1. The molecule has 6 nitrogen and oxygen atoms in total. The third kappa shape index (κ3) is 3.18. The highest BCUT2D eigenvalue weighted by Gasteiger charge is 2.51. The van der Waals surface area contributed by atoms with E-state index in [1.165, 1.54) is 5.56 Å². The number of pyridine rings is 1. The molecule has 2 N–H and O–H groups in total. The highest BCUT2D eigenvalue weighted by Crippen LogP contribution is 2.39. The SMILES string of the molecule is C[C@H]1C[C@H]2CC[C@@H]([S+]([O-])N3CC(c4cccnc4)C3)N2C(=O)[C@@H](N)C1. The molecule has 1 unspecified atom stereocenters. The summed E-state index contributed by atoms with van der Waals surface area (Å²) in [6.45, 7) is 3.70. The van der Waals surface area contributed by atoms with Crippen LogP contribution in [0.1, 0.15) is 44.1 Å². The van der Waals surface area contributed by atoms with Crippen LogP contribution in [0.4, 0.5) is 0 Å². The van der Waals surface area contributed by atoms with Crippen molar-refractivity contribution in [2.45, 2.75) is 56.0 Å². The summed E-state index contributed by atoms with van der Waals surface area (Å²) >= 11 is -1.16. The average Bonchev–Trinajstić information content (AvgIpc) is 2.92. The number of nitrogens with zero attached hydrogens (tertiary/aromatic N) is 3. The van der Waals surface area contributed by atoms with Crippen LogP contribution >= 0.6 is 0 Å². The van der Waals surface area contributed by atoms with E-state index in [1.807, 2.05) is 21.5 Å². The fraction of sp³-hybridized carbons (Fsp3) is 0.667. The van der Waals surface area contributed by atoms with Crippen molar-refractivity contribution in [3.63, 3.8) is 0 Å². The first-order chi connectivity index (χ1) is 12.0. The van der Waals surface area contributed by atoms with Crippen LogP contribution in [0.25, 0.3) is 0 Å². The second kappa shape index (κ2) is 6.87. The number of fused-ring (bicyclic) bond motifs is 1. The molecular weight excluding hydrogens is 336 g/mol. The zero-order chi connectivity index (χ0) is 17.6. The van der Waals surface area contributed by atoms with Crippen LogP contribution in [0, 0.1) is 5.92 Å². The summed E-state index contributed by atoms with van der Waals surface area (Å²) in [6, 6.07) is 3.77. The second-order valence-electron chi connectivity index (χ2n) is 7.72. The van der Waals surface area contributed by atoms with Gasteiger partial charge in [-0.3, -0.25) is 14.7 Å². The lowest BCUT2D eigenvalue weighted by Gasteiger charge is -2.42. The summed E-state index contributed by atoms with van der Waals surface area (Å²) in [5, 5.41) is -0.205. The van der Waals surface area contributed by atoms with E-state index in [1.54, 1.807) is 6.20 Å². The normalized spacial score (nSPS) is 35.2. The minimum atomic E-state index is -1.16. The summed E-state index contributed by atoms with van der Waals surface area (Å²) in [6.07, 6.45) is 7.13. The zero-order valence-corrected chi connectivity index (χ0v) is 15.4. The van der Waals surface area contributed by atoms with E-state index in [0.29, 0.717) is 11.8 Å². The zero-order valence-electron chi connectivity index (χ0n) is 14.6. The van der Waals surface area contributed by atoms with Gasteiger partial charge in [0.25, 0.3) is 0 Å². The molecule has 5 atom stereocenters. The van der Waals surface area contributed by atoms with Gasteiger partial charge in [-0.1, -0.05) is 13.0 Å². The molecule has 3 aliphatic heterocycles. The van der Waals surface area contributed by atoms with Gasteiger partial charge in [0.2, 0.25) is 11.3 Å². The van der Waals surface area contributed by atoms with E-state index in [2.05, 4.69) is 18.0 Å². The van der Waals surface area contributed by atoms with E-state index in [-0.39, 0.29) is 17.3 Å². The molecule has 1 aromatic heterocycles. The summed E-state index contributed by atoms with van der Waals surface area (Å²) in [5.74, 6) is 0.826. The first-order valence-electron chi connectivity index (χ1n) is 9.18. The fourth-order valence-electron chi connectivity index (χ4n) is 4.47. The van der Waals surface area contributed by atoms with E-state index < -0.39 is 17.4 Å². The van der Waals surface area contributed by atoms with Gasteiger partial charge in [-0.15, -0.1) is 4.31 Å². The van der Waals surface area contributed by atoms with Crippen molar-refractivity contribution in [1.29, 1.82) is 0 Å². The lowest BCUT2D eigenvalue weighted by molar-refractivity contribution is -0.133. The van der Waals surface area contributed by atoms with Gasteiger partial charge >= 0.3 is 0 Å². The maximum Gasteiger partial charge on any atom is 0.243 e. The summed E-state index contributed by atoms with van der Waals surface area (Å²) in [5.41, 5.74) is 7.29. The number of rotatable bonds is 3. The number of amides is 1. The number of aromatic nitrogens is 1. The minimum Gasteiger partial charge on any atom is -0.596 e. The van der Waals surface area contributed by atoms with Crippen molar-refractivity contribution in [2.75, 3.05) is 13.1 Å². The lowest BCUT2D eigenvalue weighted by Crippen LogP contribution is -2.57. The highest BCUT2D eigenvalue weighted by atomic mass is 32.2. The Bertz CT molecular complexity index is 625. The van der Waals surface area contributed by atoms with Crippen LogP contribution in [0.2, 0.25) is 0 Å². The predicted octanol–water partition coefficient (Wildman–Crippen LogP) is 1.22. The molecule has 1 aromatic rings. The maximum atomic E-state index is 13.1. The van der Waals surface area contributed by atoms with Crippen molar-refractivity contribution in [2.24, 2.45) is 11.7 Å². The molecule has 136 valence electrons. The summed E-state index contributed by atoms with van der Waals surface area (Å²) in [7, 11) is 0. The molecule has 0 spiro atoms. The van der Waals surface area contributed by atoms with E-state index in [9.17, 15) is 9.35 Å². The quantitative estimate of drug-likeness (QED) is 0.817. The summed E-state index contributed by atoms with van der Waals surface area (Å²) in [4.78, 5) is 18.8. The Hall–Kier alpha value is -1.15. The van der Waals surface area contributed by atoms with Gasteiger partial charge in [-0.05, 0) is 36.8 Å². The monoisotopic (exact) mass is 362 g/mol. The third-order valence-electron chi connectivity index (χ3n) is 5.84. The molecule has 0 radical (unpaired) electrons. The Morgan fingerprint density at radius 2 is 2.12 bits per heavy atom. The smallest absolute Gasteiger partial charge is 0.243 e. The van der Waals surface area contributed by atoms with Crippen LogP contribution in [-0.2, 0) is 16.2 Å². The molecule has 3 aliphatic rings. The Kier molecular flexibility index (Phi) is 4.75. The van der Waals surface area contributed by atoms with Gasteiger partial charge in [0.05, 0.1) is 30.5 Å². The molecule has 4 heterocycles. The van der Waals surface area contributed by atoms with Crippen molar-refractivity contribution in [3.05, 3.63) is 30.1 Å². The molecule has 0 bridgehead atoms. The van der Waals surface area contributed by atoms with Gasteiger partial charge in [0.15, 0.2) is 0 Å². The number of nitrogens with two attached hydrogens (primary N) is 1. The van der Waals surface area contributed by atoms with Gasteiger partial charge in [0, 0.05) is 30.8 Å². The molecule has 4 rings (SSSR count). The van der Waals surface area contributed by atoms with Crippen LogP contribution in [0.15, 0.2) is 24.5 Å². The van der Waals surface area contributed by atoms with Gasteiger partial charge in [-0.25, -0.2) is 0 Å². The van der Waals surface area contributed by atoms with Crippen LogP contribution in [-0.4, -0.2) is 55.2 Å². The number of carbonyl (C=O) groups excluding carboxylic acids is 1. The molecule has 3 saturated heterocycles. The van der Waals surface area contributed by atoms with Crippen LogP contribution in [0.5, 0.6) is 0 Å². The van der Waals surface area contributed by atoms with Gasteiger partial charge in [-0.2, -0.15) is 0 Å². The Labute approximate surface area is 152 Å².